The van der Waals surface area contributed by atoms with Crippen LogP contribution in [0.4, 0.5) is 4.39 Å². The number of rotatable bonds is 6. The van der Waals surface area contributed by atoms with Crippen LogP contribution in [0.2, 0.25) is 0 Å². The summed E-state index contributed by atoms with van der Waals surface area (Å²) < 4.78 is 13.4. The van der Waals surface area contributed by atoms with Crippen LogP contribution in [-0.2, 0) is 9.59 Å². The highest BCUT2D eigenvalue weighted by Crippen LogP contribution is 2.32. The Kier molecular flexibility index (Phi) is 6.51. The number of thioether (sulfide) groups is 1. The van der Waals surface area contributed by atoms with Gasteiger partial charge >= 0.3 is 0 Å². The molecule has 0 N–H and O–H groups in total. The second kappa shape index (κ2) is 8.39. The molecule has 1 aromatic carbocycles. The molecule has 24 heavy (non-hydrogen) atoms. The van der Waals surface area contributed by atoms with E-state index in [1.54, 1.807) is 23.1 Å². The number of amides is 2. The third-order valence-corrected chi connectivity index (χ3v) is 5.08. The fraction of sp³-hybridized carbons (Fsp3) is 0.353. The van der Waals surface area contributed by atoms with Crippen LogP contribution in [0.5, 0.6) is 0 Å². The Morgan fingerprint density at radius 3 is 2.50 bits per heavy atom. The summed E-state index contributed by atoms with van der Waals surface area (Å²) in [5.74, 6) is -0.521. The second-order valence-corrected chi connectivity index (χ2v) is 6.88. The van der Waals surface area contributed by atoms with Gasteiger partial charge in [0, 0.05) is 26.1 Å². The highest BCUT2D eigenvalue weighted by molar-refractivity contribution is 8.26. The molecule has 1 aromatic rings. The Balaban J connectivity index is 2.03. The maximum absolute atomic E-state index is 12.9. The fourth-order valence-corrected chi connectivity index (χ4v) is 3.65. The van der Waals surface area contributed by atoms with Crippen LogP contribution in [0.1, 0.15) is 25.8 Å². The van der Waals surface area contributed by atoms with Crippen molar-refractivity contribution < 1.29 is 14.0 Å². The molecule has 1 aliphatic rings. The predicted molar refractivity (Wildman–Crippen MR) is 98.8 cm³/mol. The number of carbonyl (C=O) groups is 2. The van der Waals surface area contributed by atoms with Crippen LogP contribution in [0.25, 0.3) is 6.08 Å². The van der Waals surface area contributed by atoms with E-state index in [9.17, 15) is 14.0 Å². The second-order valence-electron chi connectivity index (χ2n) is 5.20. The number of halogens is 1. The molecule has 0 spiro atoms. The zero-order chi connectivity index (χ0) is 17.7. The van der Waals surface area contributed by atoms with Gasteiger partial charge < -0.3 is 4.90 Å². The highest BCUT2D eigenvalue weighted by atomic mass is 32.2. The van der Waals surface area contributed by atoms with Gasteiger partial charge in [-0.3, -0.25) is 14.5 Å². The lowest BCUT2D eigenvalue weighted by Crippen LogP contribution is -2.36. The number of carbonyl (C=O) groups excluding carboxylic acids is 2. The van der Waals surface area contributed by atoms with Crippen molar-refractivity contribution in [2.24, 2.45) is 0 Å². The number of hydrogen-bond acceptors (Lipinski definition) is 4. The van der Waals surface area contributed by atoms with Gasteiger partial charge in [0.15, 0.2) is 0 Å². The normalized spacial score (nSPS) is 16.1. The third-order valence-electron chi connectivity index (χ3n) is 3.71. The van der Waals surface area contributed by atoms with E-state index in [4.69, 9.17) is 12.2 Å². The van der Waals surface area contributed by atoms with E-state index >= 15 is 0 Å². The average molecular weight is 366 g/mol. The van der Waals surface area contributed by atoms with Crippen molar-refractivity contribution in [1.29, 1.82) is 0 Å². The zero-order valence-corrected chi connectivity index (χ0v) is 15.3. The summed E-state index contributed by atoms with van der Waals surface area (Å²) in [6, 6.07) is 5.89. The van der Waals surface area contributed by atoms with Crippen molar-refractivity contribution in [1.82, 2.24) is 9.80 Å². The van der Waals surface area contributed by atoms with Crippen LogP contribution >= 0.6 is 24.0 Å². The summed E-state index contributed by atoms with van der Waals surface area (Å²) in [7, 11) is 0. The zero-order valence-electron chi connectivity index (χ0n) is 13.6. The topological polar surface area (TPSA) is 40.6 Å². The number of thiocarbonyl (C=S) groups is 1. The van der Waals surface area contributed by atoms with Crippen LogP contribution in [0.3, 0.4) is 0 Å². The molecule has 0 aromatic heterocycles. The molecule has 1 heterocycles. The minimum Gasteiger partial charge on any atom is -0.343 e. The van der Waals surface area contributed by atoms with E-state index in [2.05, 4.69) is 0 Å². The summed E-state index contributed by atoms with van der Waals surface area (Å²) in [6.45, 7) is 5.43. The number of benzene rings is 1. The van der Waals surface area contributed by atoms with Gasteiger partial charge in [-0.15, -0.1) is 0 Å². The Morgan fingerprint density at radius 1 is 1.29 bits per heavy atom. The fourth-order valence-electron chi connectivity index (χ4n) is 2.35. The van der Waals surface area contributed by atoms with Crippen molar-refractivity contribution in [3.8, 4) is 0 Å². The first-order valence-corrected chi connectivity index (χ1v) is 8.97. The monoisotopic (exact) mass is 366 g/mol. The van der Waals surface area contributed by atoms with Gasteiger partial charge in [-0.05, 0) is 37.6 Å². The maximum atomic E-state index is 12.9. The summed E-state index contributed by atoms with van der Waals surface area (Å²) in [5.41, 5.74) is 0.733. The molecule has 0 bridgehead atoms. The van der Waals surface area contributed by atoms with Crippen LogP contribution in [-0.4, -0.2) is 45.6 Å². The Bertz CT molecular complexity index is 670. The molecule has 2 rings (SSSR count). The van der Waals surface area contributed by atoms with Crippen LogP contribution < -0.4 is 0 Å². The van der Waals surface area contributed by atoms with Crippen molar-refractivity contribution in [2.45, 2.75) is 20.3 Å². The summed E-state index contributed by atoms with van der Waals surface area (Å²) in [5, 5.41) is 0. The van der Waals surface area contributed by atoms with Gasteiger partial charge in [-0.25, -0.2) is 4.39 Å². The minimum absolute atomic E-state index is 0.0107. The van der Waals surface area contributed by atoms with Crippen molar-refractivity contribution in [2.75, 3.05) is 19.6 Å². The Labute approximate surface area is 150 Å². The molecule has 0 unspecified atom stereocenters. The maximum Gasteiger partial charge on any atom is 0.266 e. The first-order chi connectivity index (χ1) is 11.5. The molecule has 0 aliphatic carbocycles. The largest absolute Gasteiger partial charge is 0.343 e. The molecule has 1 saturated heterocycles. The standard InChI is InChI=1S/C17H19FN2O2S2/c1-3-19(4-2)15(21)9-10-20-16(22)14(24-17(20)23)11-12-5-7-13(18)8-6-12/h5-8,11H,3-4,9-10H2,1-2H3/b14-11-. The quantitative estimate of drug-likeness (QED) is 0.572. The van der Waals surface area contributed by atoms with Crippen molar-refractivity contribution in [3.05, 3.63) is 40.6 Å². The van der Waals surface area contributed by atoms with E-state index in [1.807, 2.05) is 13.8 Å². The molecule has 1 aliphatic heterocycles. The predicted octanol–water partition coefficient (Wildman–Crippen LogP) is 3.29. The average Bonchev–Trinajstić information content (AvgIpc) is 2.82. The number of hydrogen-bond donors (Lipinski definition) is 0. The van der Waals surface area contributed by atoms with Gasteiger partial charge in [0.1, 0.15) is 10.1 Å². The molecule has 128 valence electrons. The van der Waals surface area contributed by atoms with Crippen LogP contribution in [0, 0.1) is 5.82 Å². The van der Waals surface area contributed by atoms with Crippen molar-refractivity contribution >= 4 is 46.2 Å². The Morgan fingerprint density at radius 2 is 1.92 bits per heavy atom. The lowest BCUT2D eigenvalue weighted by atomic mass is 10.2. The summed E-state index contributed by atoms with van der Waals surface area (Å²) in [6.07, 6.45) is 1.93. The van der Waals surface area contributed by atoms with Crippen molar-refractivity contribution in [3.63, 3.8) is 0 Å². The van der Waals surface area contributed by atoms with E-state index in [1.165, 1.54) is 28.8 Å². The van der Waals surface area contributed by atoms with Gasteiger partial charge in [0.25, 0.3) is 5.91 Å². The molecule has 7 heteroatoms. The summed E-state index contributed by atoms with van der Waals surface area (Å²) in [4.78, 5) is 28.2. The molecular weight excluding hydrogens is 347 g/mol. The van der Waals surface area contributed by atoms with E-state index < -0.39 is 0 Å². The first kappa shape index (κ1) is 18.6. The molecule has 0 radical (unpaired) electrons. The molecular formula is C17H19FN2O2S2. The van der Waals surface area contributed by atoms with Crippen LogP contribution in [0.15, 0.2) is 29.2 Å². The van der Waals surface area contributed by atoms with Gasteiger partial charge in [-0.1, -0.05) is 36.1 Å². The highest BCUT2D eigenvalue weighted by Gasteiger charge is 2.32. The van der Waals surface area contributed by atoms with E-state index in [0.717, 1.165) is 5.56 Å². The minimum atomic E-state index is -0.324. The van der Waals surface area contributed by atoms with E-state index in [0.29, 0.717) is 22.3 Å². The molecule has 1 fully saturated rings. The van der Waals surface area contributed by atoms with Gasteiger partial charge in [0.05, 0.1) is 4.91 Å². The molecule has 0 atom stereocenters. The summed E-state index contributed by atoms with van der Waals surface area (Å²) >= 11 is 6.45. The lowest BCUT2D eigenvalue weighted by Gasteiger charge is -2.20. The molecule has 4 nitrogen and oxygen atoms in total. The van der Waals surface area contributed by atoms with Gasteiger partial charge in [-0.2, -0.15) is 0 Å². The smallest absolute Gasteiger partial charge is 0.266 e. The number of nitrogens with zero attached hydrogens (tertiary/aromatic N) is 2. The Hall–Kier alpha value is -1.73. The van der Waals surface area contributed by atoms with Gasteiger partial charge in [0.2, 0.25) is 5.91 Å². The molecule has 0 saturated carbocycles. The SMILES string of the molecule is CCN(CC)C(=O)CCN1C(=O)/C(=C/c2ccc(F)cc2)SC1=S. The van der Waals surface area contributed by atoms with E-state index in [-0.39, 0.29) is 30.6 Å². The third kappa shape index (κ3) is 4.42. The lowest BCUT2D eigenvalue weighted by molar-refractivity contribution is -0.131. The first-order valence-electron chi connectivity index (χ1n) is 7.75. The molecule has 2 amide bonds.